The quantitative estimate of drug-likeness (QED) is 0.0973. The van der Waals surface area contributed by atoms with Gasteiger partial charge in [-0.1, -0.05) is 29.3 Å². The molecule has 11 heteroatoms. The molecule has 0 aliphatic heterocycles. The highest BCUT2D eigenvalue weighted by Gasteiger charge is 2.14. The van der Waals surface area contributed by atoms with Gasteiger partial charge in [0.05, 0.1) is 33.1 Å². The molecule has 0 radical (unpaired) electrons. The van der Waals surface area contributed by atoms with Crippen molar-refractivity contribution < 1.29 is 14.4 Å². The van der Waals surface area contributed by atoms with E-state index < -0.39 is 4.92 Å². The van der Waals surface area contributed by atoms with Gasteiger partial charge in [0.15, 0.2) is 11.5 Å². The summed E-state index contributed by atoms with van der Waals surface area (Å²) in [6, 6.07) is 15.2. The molecular weight excluding hydrogens is 632 g/mol. The SMILES string of the molecule is CCCCc1nc2ccc(Br)cc2c(=O)n1N=Cc1cc(Br)c(OCc2ccc([N+](=O)[O-])cc2)c(OCC)c1. The standard InChI is InChI=1S/C28H26Br2N4O5/c1-3-5-6-26-32-24-12-9-20(29)15-22(24)28(35)33(26)31-16-19-13-23(30)27(25(14-19)38-4-2)39-17-18-7-10-21(11-8-18)34(36)37/h7-16H,3-6,17H2,1-2H3. The number of fused-ring (bicyclic) bond motifs is 1. The second-order valence-electron chi connectivity index (χ2n) is 8.63. The topological polar surface area (TPSA) is 109 Å². The Morgan fingerprint density at radius 2 is 1.85 bits per heavy atom. The molecule has 0 bridgehead atoms. The number of benzene rings is 3. The fourth-order valence-electron chi connectivity index (χ4n) is 3.87. The zero-order valence-corrected chi connectivity index (χ0v) is 24.6. The van der Waals surface area contributed by atoms with Crippen LogP contribution < -0.4 is 15.0 Å². The van der Waals surface area contributed by atoms with E-state index in [1.165, 1.54) is 16.8 Å². The number of halogens is 2. The van der Waals surface area contributed by atoms with Gasteiger partial charge in [0.25, 0.3) is 11.2 Å². The van der Waals surface area contributed by atoms with Crippen molar-refractivity contribution in [2.45, 2.75) is 39.7 Å². The molecule has 4 rings (SSSR count). The Labute approximate surface area is 241 Å². The van der Waals surface area contributed by atoms with Crippen molar-refractivity contribution in [2.75, 3.05) is 6.61 Å². The van der Waals surface area contributed by atoms with Gasteiger partial charge in [-0.25, -0.2) is 4.98 Å². The Hall–Kier alpha value is -3.57. The van der Waals surface area contributed by atoms with Crippen LogP contribution in [0, 0.1) is 10.1 Å². The van der Waals surface area contributed by atoms with Crippen LogP contribution in [0.5, 0.6) is 11.5 Å². The van der Waals surface area contributed by atoms with Crippen molar-refractivity contribution in [2.24, 2.45) is 5.10 Å². The van der Waals surface area contributed by atoms with Crippen molar-refractivity contribution in [3.8, 4) is 11.5 Å². The molecule has 0 saturated heterocycles. The number of rotatable bonds is 11. The number of non-ortho nitro benzene ring substituents is 1. The van der Waals surface area contributed by atoms with Gasteiger partial charge in [-0.15, -0.1) is 0 Å². The lowest BCUT2D eigenvalue weighted by Crippen LogP contribution is -2.22. The minimum Gasteiger partial charge on any atom is -0.490 e. The van der Waals surface area contributed by atoms with Crippen LogP contribution in [-0.2, 0) is 13.0 Å². The van der Waals surface area contributed by atoms with Crippen LogP contribution in [0.4, 0.5) is 5.69 Å². The molecule has 0 unspecified atom stereocenters. The van der Waals surface area contributed by atoms with Gasteiger partial charge in [0, 0.05) is 23.0 Å². The minimum absolute atomic E-state index is 0.0183. The lowest BCUT2D eigenvalue weighted by atomic mass is 10.2. The molecule has 4 aromatic rings. The largest absolute Gasteiger partial charge is 0.490 e. The highest BCUT2D eigenvalue weighted by Crippen LogP contribution is 2.37. The van der Waals surface area contributed by atoms with E-state index >= 15 is 0 Å². The average Bonchev–Trinajstić information content (AvgIpc) is 2.92. The maximum Gasteiger partial charge on any atom is 0.282 e. The summed E-state index contributed by atoms with van der Waals surface area (Å²) in [4.78, 5) is 28.5. The molecule has 0 fully saturated rings. The Morgan fingerprint density at radius 1 is 1.08 bits per heavy atom. The van der Waals surface area contributed by atoms with Crippen molar-refractivity contribution in [3.05, 3.63) is 101 Å². The number of unbranched alkanes of at least 4 members (excludes halogenated alkanes) is 1. The summed E-state index contributed by atoms with van der Waals surface area (Å²) in [5.41, 5.74) is 1.88. The van der Waals surface area contributed by atoms with E-state index in [1.807, 2.05) is 25.1 Å². The van der Waals surface area contributed by atoms with E-state index in [4.69, 9.17) is 14.5 Å². The number of hydrogen-bond donors (Lipinski definition) is 0. The first-order chi connectivity index (χ1) is 18.8. The highest BCUT2D eigenvalue weighted by atomic mass is 79.9. The molecule has 39 heavy (non-hydrogen) atoms. The Balaban J connectivity index is 1.65. The molecule has 0 N–H and O–H groups in total. The molecule has 1 heterocycles. The molecule has 3 aromatic carbocycles. The normalized spacial score (nSPS) is 11.3. The Kier molecular flexibility index (Phi) is 9.47. The predicted octanol–water partition coefficient (Wildman–Crippen LogP) is 7.03. The van der Waals surface area contributed by atoms with Crippen LogP contribution >= 0.6 is 31.9 Å². The minimum atomic E-state index is -0.442. The first-order valence-electron chi connectivity index (χ1n) is 12.4. The van der Waals surface area contributed by atoms with Crippen LogP contribution in [0.25, 0.3) is 10.9 Å². The summed E-state index contributed by atoms with van der Waals surface area (Å²) in [5, 5.41) is 15.9. The van der Waals surface area contributed by atoms with E-state index in [0.717, 1.165) is 22.9 Å². The summed E-state index contributed by atoms with van der Waals surface area (Å²) < 4.78 is 14.6. The number of ether oxygens (including phenoxy) is 2. The summed E-state index contributed by atoms with van der Waals surface area (Å²) in [6.07, 6.45) is 4.06. The number of nitrogens with zero attached hydrogens (tertiary/aromatic N) is 4. The molecule has 0 atom stereocenters. The third kappa shape index (κ3) is 6.90. The van der Waals surface area contributed by atoms with Gasteiger partial charge < -0.3 is 9.47 Å². The number of aryl methyl sites for hydroxylation is 1. The highest BCUT2D eigenvalue weighted by molar-refractivity contribution is 9.10. The lowest BCUT2D eigenvalue weighted by molar-refractivity contribution is -0.384. The van der Waals surface area contributed by atoms with Crippen molar-refractivity contribution in [3.63, 3.8) is 0 Å². The fourth-order valence-corrected chi connectivity index (χ4v) is 4.81. The maximum atomic E-state index is 13.4. The molecule has 1 aromatic heterocycles. The lowest BCUT2D eigenvalue weighted by Gasteiger charge is -2.15. The van der Waals surface area contributed by atoms with Crippen LogP contribution in [0.15, 0.2) is 73.4 Å². The third-order valence-corrected chi connectivity index (χ3v) is 6.90. The van der Waals surface area contributed by atoms with Crippen LogP contribution in [0.3, 0.4) is 0 Å². The third-order valence-electron chi connectivity index (χ3n) is 5.81. The molecule has 0 amide bonds. The van der Waals surface area contributed by atoms with Gasteiger partial charge in [-0.2, -0.15) is 9.78 Å². The summed E-state index contributed by atoms with van der Waals surface area (Å²) in [7, 11) is 0. The van der Waals surface area contributed by atoms with E-state index in [-0.39, 0.29) is 17.9 Å². The second kappa shape index (κ2) is 13.0. The molecule has 0 aliphatic carbocycles. The number of nitro benzene ring substituents is 1. The van der Waals surface area contributed by atoms with Gasteiger partial charge in [-0.05, 0) is 82.9 Å². The van der Waals surface area contributed by atoms with Gasteiger partial charge >= 0.3 is 0 Å². The van der Waals surface area contributed by atoms with Gasteiger partial charge in [0.1, 0.15) is 12.4 Å². The zero-order chi connectivity index (χ0) is 27.9. The number of nitro groups is 1. The number of hydrogen-bond acceptors (Lipinski definition) is 7. The average molecular weight is 658 g/mol. The van der Waals surface area contributed by atoms with Crippen molar-refractivity contribution >= 4 is 54.7 Å². The monoisotopic (exact) mass is 656 g/mol. The molecule has 202 valence electrons. The van der Waals surface area contributed by atoms with Crippen LogP contribution in [-0.4, -0.2) is 27.4 Å². The Bertz CT molecular complexity index is 1590. The van der Waals surface area contributed by atoms with E-state index in [2.05, 4.69) is 43.9 Å². The van der Waals surface area contributed by atoms with E-state index in [9.17, 15) is 14.9 Å². The second-order valence-corrected chi connectivity index (χ2v) is 10.4. The van der Waals surface area contributed by atoms with E-state index in [0.29, 0.717) is 51.3 Å². The molecular formula is C28H26Br2N4O5. The molecule has 9 nitrogen and oxygen atoms in total. The fraction of sp³-hybridized carbons (Fsp3) is 0.250. The zero-order valence-electron chi connectivity index (χ0n) is 21.4. The summed E-state index contributed by atoms with van der Waals surface area (Å²) in [6.45, 7) is 4.55. The summed E-state index contributed by atoms with van der Waals surface area (Å²) in [5.74, 6) is 1.58. The molecule has 0 spiro atoms. The first kappa shape index (κ1) is 28.4. The predicted molar refractivity (Wildman–Crippen MR) is 158 cm³/mol. The van der Waals surface area contributed by atoms with Gasteiger partial charge in [-0.3, -0.25) is 14.9 Å². The summed E-state index contributed by atoms with van der Waals surface area (Å²) >= 11 is 6.99. The Morgan fingerprint density at radius 3 is 2.54 bits per heavy atom. The van der Waals surface area contributed by atoms with E-state index in [1.54, 1.807) is 30.5 Å². The van der Waals surface area contributed by atoms with Crippen molar-refractivity contribution in [1.29, 1.82) is 0 Å². The first-order valence-corrected chi connectivity index (χ1v) is 14.0. The smallest absolute Gasteiger partial charge is 0.282 e. The van der Waals surface area contributed by atoms with Crippen molar-refractivity contribution in [1.82, 2.24) is 9.66 Å². The molecule has 0 saturated carbocycles. The van der Waals surface area contributed by atoms with Gasteiger partial charge in [0.2, 0.25) is 0 Å². The van der Waals surface area contributed by atoms with Crippen LogP contribution in [0.2, 0.25) is 0 Å². The number of aromatic nitrogens is 2. The maximum absolute atomic E-state index is 13.4. The molecule has 0 aliphatic rings. The van der Waals surface area contributed by atoms with Crippen LogP contribution in [0.1, 0.15) is 43.6 Å².